The van der Waals surface area contributed by atoms with Gasteiger partial charge in [0.1, 0.15) is 5.75 Å². The predicted molar refractivity (Wildman–Crippen MR) is 66.9 cm³/mol. The van der Waals surface area contributed by atoms with Crippen LogP contribution in [0.5, 0.6) is 5.75 Å². The monoisotopic (exact) mass is 245 g/mol. The lowest BCUT2D eigenvalue weighted by Crippen LogP contribution is -2.05. The number of aromatic hydroxyl groups is 1. The van der Waals surface area contributed by atoms with Gasteiger partial charge in [0, 0.05) is 18.0 Å². The number of rotatable bonds is 2. The largest absolute Gasteiger partial charge is 0.507 e. The number of phenolic OH excluding ortho intramolecular Hbond substituents is 1. The highest BCUT2D eigenvalue weighted by atomic mass is 16.4. The molecule has 5 nitrogen and oxygen atoms in total. The molecular weight excluding hydrogens is 234 g/mol. The standard InChI is InChI=1S/C13H11NO4/c1-7(15)14-10-2-3-11-8(5-10)4-9(13(17)18)6-12(11)16/h2-6,16H,1H3,(H,14,15)(H,17,18). The summed E-state index contributed by atoms with van der Waals surface area (Å²) in [7, 11) is 0. The van der Waals surface area contributed by atoms with Crippen LogP contribution in [0.1, 0.15) is 17.3 Å². The number of hydrogen-bond acceptors (Lipinski definition) is 3. The number of aromatic carboxylic acids is 1. The van der Waals surface area contributed by atoms with E-state index in [4.69, 9.17) is 5.11 Å². The second-order valence-electron chi connectivity index (χ2n) is 3.92. The first-order valence-electron chi connectivity index (χ1n) is 5.25. The minimum Gasteiger partial charge on any atom is -0.507 e. The number of hydrogen-bond donors (Lipinski definition) is 3. The maximum atomic E-state index is 10.9. The quantitative estimate of drug-likeness (QED) is 0.757. The van der Waals surface area contributed by atoms with E-state index < -0.39 is 5.97 Å². The summed E-state index contributed by atoms with van der Waals surface area (Å²) >= 11 is 0. The minimum absolute atomic E-state index is 0.0000231. The van der Waals surface area contributed by atoms with Crippen molar-refractivity contribution in [2.24, 2.45) is 0 Å². The van der Waals surface area contributed by atoms with E-state index in [1.165, 1.54) is 19.1 Å². The van der Waals surface area contributed by atoms with Crippen molar-refractivity contribution in [2.45, 2.75) is 6.92 Å². The van der Waals surface area contributed by atoms with Crippen molar-refractivity contribution in [3.8, 4) is 5.75 Å². The van der Waals surface area contributed by atoms with E-state index in [0.717, 1.165) is 0 Å². The van der Waals surface area contributed by atoms with Crippen LogP contribution in [0.3, 0.4) is 0 Å². The van der Waals surface area contributed by atoms with Gasteiger partial charge in [-0.25, -0.2) is 4.79 Å². The van der Waals surface area contributed by atoms with E-state index in [-0.39, 0.29) is 17.2 Å². The third-order valence-electron chi connectivity index (χ3n) is 2.50. The topological polar surface area (TPSA) is 86.6 Å². The van der Waals surface area contributed by atoms with Crippen molar-refractivity contribution in [1.29, 1.82) is 0 Å². The lowest BCUT2D eigenvalue weighted by Gasteiger charge is -2.06. The van der Waals surface area contributed by atoms with Crippen LogP contribution in [-0.2, 0) is 4.79 Å². The molecule has 0 bridgehead atoms. The number of carbonyl (C=O) groups is 2. The minimum atomic E-state index is -1.11. The van der Waals surface area contributed by atoms with Gasteiger partial charge in [-0.05, 0) is 35.7 Å². The number of anilines is 1. The number of carbonyl (C=O) groups excluding carboxylic acids is 1. The van der Waals surface area contributed by atoms with E-state index >= 15 is 0 Å². The highest BCUT2D eigenvalue weighted by Crippen LogP contribution is 2.28. The van der Waals surface area contributed by atoms with E-state index in [1.807, 2.05) is 0 Å². The van der Waals surface area contributed by atoms with E-state index in [9.17, 15) is 14.7 Å². The van der Waals surface area contributed by atoms with Gasteiger partial charge in [-0.3, -0.25) is 4.79 Å². The molecule has 0 aromatic heterocycles. The molecule has 0 radical (unpaired) electrons. The number of carboxylic acid groups (broad SMARTS) is 1. The number of benzene rings is 2. The molecule has 0 spiro atoms. The molecular formula is C13H11NO4. The molecule has 0 aliphatic heterocycles. The van der Waals surface area contributed by atoms with Gasteiger partial charge in [-0.2, -0.15) is 0 Å². The van der Waals surface area contributed by atoms with Crippen LogP contribution < -0.4 is 5.32 Å². The van der Waals surface area contributed by atoms with Crippen molar-refractivity contribution in [3.05, 3.63) is 35.9 Å². The van der Waals surface area contributed by atoms with Gasteiger partial charge in [0.2, 0.25) is 5.91 Å². The summed E-state index contributed by atoms with van der Waals surface area (Å²) in [5.74, 6) is -1.43. The summed E-state index contributed by atoms with van der Waals surface area (Å²) in [6.07, 6.45) is 0. The second kappa shape index (κ2) is 4.37. The van der Waals surface area contributed by atoms with Crippen molar-refractivity contribution in [3.63, 3.8) is 0 Å². The Hall–Kier alpha value is -2.56. The Kier molecular flexibility index (Phi) is 2.89. The first-order chi connectivity index (χ1) is 8.47. The van der Waals surface area contributed by atoms with Crippen molar-refractivity contribution in [2.75, 3.05) is 5.32 Å². The normalized spacial score (nSPS) is 10.3. The summed E-state index contributed by atoms with van der Waals surface area (Å²) in [5.41, 5.74) is 0.553. The fourth-order valence-corrected chi connectivity index (χ4v) is 1.75. The molecule has 0 saturated carbocycles. The third kappa shape index (κ3) is 2.24. The van der Waals surface area contributed by atoms with Gasteiger partial charge in [0.25, 0.3) is 0 Å². The van der Waals surface area contributed by atoms with Gasteiger partial charge < -0.3 is 15.5 Å². The molecule has 0 saturated heterocycles. The summed E-state index contributed by atoms with van der Waals surface area (Å²) in [6.45, 7) is 1.38. The molecule has 0 unspecified atom stereocenters. The van der Waals surface area contributed by atoms with Crippen LogP contribution in [0, 0.1) is 0 Å². The molecule has 0 aliphatic rings. The van der Waals surface area contributed by atoms with Gasteiger partial charge in [-0.15, -0.1) is 0 Å². The van der Waals surface area contributed by atoms with Gasteiger partial charge in [0.15, 0.2) is 0 Å². The summed E-state index contributed by atoms with van der Waals surface area (Å²) < 4.78 is 0. The van der Waals surface area contributed by atoms with Crippen molar-refractivity contribution >= 4 is 28.3 Å². The van der Waals surface area contributed by atoms with Crippen molar-refractivity contribution in [1.82, 2.24) is 0 Å². The highest BCUT2D eigenvalue weighted by Gasteiger charge is 2.09. The van der Waals surface area contributed by atoms with Crippen LogP contribution in [0.25, 0.3) is 10.8 Å². The van der Waals surface area contributed by atoms with Crippen LogP contribution in [0.2, 0.25) is 0 Å². The number of carboxylic acids is 1. The van der Waals surface area contributed by atoms with Crippen LogP contribution in [0.4, 0.5) is 5.69 Å². The molecule has 18 heavy (non-hydrogen) atoms. The lowest BCUT2D eigenvalue weighted by atomic mass is 10.0. The first-order valence-corrected chi connectivity index (χ1v) is 5.25. The molecule has 3 N–H and O–H groups in total. The molecule has 92 valence electrons. The average Bonchev–Trinajstić information content (AvgIpc) is 2.27. The fraction of sp³-hybridized carbons (Fsp3) is 0.0769. The Morgan fingerprint density at radius 3 is 2.50 bits per heavy atom. The highest BCUT2D eigenvalue weighted by molar-refractivity contribution is 6.00. The lowest BCUT2D eigenvalue weighted by molar-refractivity contribution is -0.114. The molecule has 0 fully saturated rings. The summed E-state index contributed by atoms with van der Waals surface area (Å²) in [6, 6.07) is 7.53. The van der Waals surface area contributed by atoms with Crippen LogP contribution in [0.15, 0.2) is 30.3 Å². The number of amides is 1. The van der Waals surface area contributed by atoms with Crippen LogP contribution in [-0.4, -0.2) is 22.1 Å². The van der Waals surface area contributed by atoms with Gasteiger partial charge >= 0.3 is 5.97 Å². The SMILES string of the molecule is CC(=O)Nc1ccc2c(O)cc(C(=O)O)cc2c1. The Morgan fingerprint density at radius 2 is 1.89 bits per heavy atom. The smallest absolute Gasteiger partial charge is 0.335 e. The zero-order chi connectivity index (χ0) is 13.3. The molecule has 2 aromatic rings. The molecule has 1 amide bonds. The zero-order valence-corrected chi connectivity index (χ0v) is 9.60. The maximum absolute atomic E-state index is 10.9. The number of nitrogens with one attached hydrogen (secondary N) is 1. The predicted octanol–water partition coefficient (Wildman–Crippen LogP) is 2.20. The molecule has 5 heteroatoms. The van der Waals surface area contributed by atoms with Gasteiger partial charge in [0.05, 0.1) is 5.56 Å². The Labute approximate surface area is 103 Å². The van der Waals surface area contributed by atoms with E-state index in [0.29, 0.717) is 16.5 Å². The first kappa shape index (κ1) is 11.9. The van der Waals surface area contributed by atoms with Crippen molar-refractivity contribution < 1.29 is 19.8 Å². The number of phenols is 1. The molecule has 0 aliphatic carbocycles. The molecule has 2 rings (SSSR count). The number of fused-ring (bicyclic) bond motifs is 1. The average molecular weight is 245 g/mol. The Morgan fingerprint density at radius 1 is 1.17 bits per heavy atom. The molecule has 0 heterocycles. The summed E-state index contributed by atoms with van der Waals surface area (Å²) in [5, 5.41) is 22.3. The zero-order valence-electron chi connectivity index (χ0n) is 9.60. The van der Waals surface area contributed by atoms with Crippen LogP contribution >= 0.6 is 0 Å². The fourth-order valence-electron chi connectivity index (χ4n) is 1.75. The molecule has 2 aromatic carbocycles. The third-order valence-corrected chi connectivity index (χ3v) is 2.50. The second-order valence-corrected chi connectivity index (χ2v) is 3.92. The Balaban J connectivity index is 2.60. The van der Waals surface area contributed by atoms with E-state index in [1.54, 1.807) is 18.2 Å². The Bertz CT molecular complexity index is 649. The molecule has 0 atom stereocenters. The maximum Gasteiger partial charge on any atom is 0.335 e. The summed E-state index contributed by atoms with van der Waals surface area (Å²) in [4.78, 5) is 21.8. The van der Waals surface area contributed by atoms with Gasteiger partial charge in [-0.1, -0.05) is 0 Å². The van der Waals surface area contributed by atoms with E-state index in [2.05, 4.69) is 5.32 Å².